The van der Waals surface area contributed by atoms with Gasteiger partial charge in [0.25, 0.3) is 5.91 Å². The van der Waals surface area contributed by atoms with Gasteiger partial charge < -0.3 is 24.8 Å². The summed E-state index contributed by atoms with van der Waals surface area (Å²) in [6.45, 7) is 1.42. The van der Waals surface area contributed by atoms with Crippen molar-refractivity contribution in [1.29, 1.82) is 0 Å². The van der Waals surface area contributed by atoms with Crippen molar-refractivity contribution >= 4 is 17.3 Å². The van der Waals surface area contributed by atoms with Gasteiger partial charge in [-0.25, -0.2) is 4.98 Å². The smallest absolute Gasteiger partial charge is 0.253 e. The number of hydrogen-bond acceptors (Lipinski definition) is 7. The summed E-state index contributed by atoms with van der Waals surface area (Å²) in [5, 5.41) is 6.27. The zero-order valence-corrected chi connectivity index (χ0v) is 19.2. The zero-order valence-electron chi connectivity index (χ0n) is 19.2. The second-order valence-electron chi connectivity index (χ2n) is 7.83. The van der Waals surface area contributed by atoms with Crippen LogP contribution in [-0.2, 0) is 6.54 Å². The van der Waals surface area contributed by atoms with Gasteiger partial charge >= 0.3 is 0 Å². The van der Waals surface area contributed by atoms with Crippen LogP contribution in [0, 0.1) is 0 Å². The summed E-state index contributed by atoms with van der Waals surface area (Å²) in [4.78, 5) is 21.0. The minimum absolute atomic E-state index is 0.171. The first kappa shape index (κ1) is 22.2. The van der Waals surface area contributed by atoms with E-state index in [1.807, 2.05) is 54.6 Å². The number of aromatic nitrogens is 2. The molecule has 0 aliphatic carbocycles. The first-order valence-electron chi connectivity index (χ1n) is 11.2. The zero-order chi connectivity index (χ0) is 24.0. The van der Waals surface area contributed by atoms with E-state index in [2.05, 4.69) is 15.6 Å². The molecule has 0 unspecified atom stereocenters. The molecule has 176 valence electrons. The molecule has 0 saturated heterocycles. The average molecular weight is 469 g/mol. The van der Waals surface area contributed by atoms with E-state index in [1.54, 1.807) is 31.6 Å². The Hall–Kier alpha value is -4.59. The van der Waals surface area contributed by atoms with Gasteiger partial charge in [0.2, 0.25) is 5.88 Å². The second-order valence-corrected chi connectivity index (χ2v) is 7.83. The molecule has 0 saturated carbocycles. The summed E-state index contributed by atoms with van der Waals surface area (Å²) in [5.74, 6) is 1.68. The highest BCUT2D eigenvalue weighted by Gasteiger charge is 2.19. The van der Waals surface area contributed by atoms with Crippen molar-refractivity contribution in [3.8, 4) is 28.6 Å². The molecule has 1 aliphatic rings. The minimum atomic E-state index is -0.171. The molecule has 2 aromatic heterocycles. The van der Waals surface area contributed by atoms with Crippen LogP contribution >= 0.6 is 0 Å². The van der Waals surface area contributed by atoms with Gasteiger partial charge in [0.15, 0.2) is 11.5 Å². The van der Waals surface area contributed by atoms with Crippen LogP contribution in [0.2, 0.25) is 0 Å². The van der Waals surface area contributed by atoms with E-state index in [0.29, 0.717) is 42.7 Å². The van der Waals surface area contributed by atoms with Gasteiger partial charge in [-0.2, -0.15) is 0 Å². The molecule has 2 aromatic carbocycles. The first-order valence-corrected chi connectivity index (χ1v) is 11.2. The average Bonchev–Trinajstić information content (AvgIpc) is 2.92. The molecule has 0 radical (unpaired) electrons. The van der Waals surface area contributed by atoms with Gasteiger partial charge in [-0.1, -0.05) is 18.2 Å². The molecule has 0 spiro atoms. The summed E-state index contributed by atoms with van der Waals surface area (Å²) in [7, 11) is 1.59. The molecule has 0 bridgehead atoms. The van der Waals surface area contributed by atoms with Crippen LogP contribution in [0.1, 0.15) is 15.9 Å². The highest BCUT2D eigenvalue weighted by atomic mass is 16.6. The Morgan fingerprint density at radius 1 is 1.03 bits per heavy atom. The summed E-state index contributed by atoms with van der Waals surface area (Å²) < 4.78 is 17.1. The number of fused-ring (bicyclic) bond motifs is 1. The number of nitrogens with one attached hydrogen (secondary N) is 2. The van der Waals surface area contributed by atoms with E-state index in [0.717, 1.165) is 28.2 Å². The van der Waals surface area contributed by atoms with E-state index in [1.165, 1.54) is 0 Å². The maximum atomic E-state index is 12.3. The fourth-order valence-electron chi connectivity index (χ4n) is 3.81. The van der Waals surface area contributed by atoms with Crippen molar-refractivity contribution in [2.45, 2.75) is 6.54 Å². The Balaban J connectivity index is 1.32. The van der Waals surface area contributed by atoms with Crippen LogP contribution in [0.3, 0.4) is 0 Å². The normalized spacial score (nSPS) is 12.0. The van der Waals surface area contributed by atoms with Crippen LogP contribution < -0.4 is 24.8 Å². The quantitative estimate of drug-likeness (QED) is 0.409. The predicted octanol–water partition coefficient (Wildman–Crippen LogP) is 4.60. The molecule has 1 aliphatic heterocycles. The molecular formula is C27H24N4O4. The monoisotopic (exact) mass is 468 g/mol. The van der Waals surface area contributed by atoms with Crippen molar-refractivity contribution in [3.63, 3.8) is 0 Å². The number of anilines is 2. The van der Waals surface area contributed by atoms with E-state index < -0.39 is 0 Å². The van der Waals surface area contributed by atoms with Gasteiger partial charge in [0.05, 0.1) is 18.4 Å². The summed E-state index contributed by atoms with van der Waals surface area (Å²) in [6.07, 6.45) is 3.18. The second kappa shape index (κ2) is 10.1. The van der Waals surface area contributed by atoms with Crippen LogP contribution in [0.4, 0.5) is 11.4 Å². The summed E-state index contributed by atoms with van der Waals surface area (Å²) in [5.41, 5.74) is 4.60. The number of amides is 1. The third-order valence-corrected chi connectivity index (χ3v) is 5.48. The standard InChI is InChI=1S/C27H24N4O4/c1-33-27-23(11-10-22(31-27)21-8-3-9-24-25(21)35-14-13-34-24)30-20-7-2-5-18(15-20)16-29-26(32)19-6-4-12-28-17-19/h2-12,15,17,30H,13-14,16H2,1H3,(H,29,32). The lowest BCUT2D eigenvalue weighted by atomic mass is 10.1. The van der Waals surface area contributed by atoms with Gasteiger partial charge in [-0.05, 0) is 54.1 Å². The molecular weight excluding hydrogens is 444 g/mol. The number of pyridine rings is 2. The Morgan fingerprint density at radius 3 is 2.77 bits per heavy atom. The molecule has 0 atom stereocenters. The van der Waals surface area contributed by atoms with E-state index in [-0.39, 0.29) is 5.91 Å². The van der Waals surface area contributed by atoms with Crippen LogP contribution in [0.15, 0.2) is 79.1 Å². The van der Waals surface area contributed by atoms with Crippen LogP contribution in [-0.4, -0.2) is 36.2 Å². The number of carbonyl (C=O) groups excluding carboxylic acids is 1. The van der Waals surface area contributed by atoms with E-state index in [9.17, 15) is 4.79 Å². The van der Waals surface area contributed by atoms with E-state index in [4.69, 9.17) is 19.2 Å². The number of carbonyl (C=O) groups is 1. The predicted molar refractivity (Wildman–Crippen MR) is 132 cm³/mol. The maximum Gasteiger partial charge on any atom is 0.253 e. The lowest BCUT2D eigenvalue weighted by Gasteiger charge is -2.21. The highest BCUT2D eigenvalue weighted by Crippen LogP contribution is 2.40. The van der Waals surface area contributed by atoms with Crippen LogP contribution in [0.5, 0.6) is 17.4 Å². The van der Waals surface area contributed by atoms with E-state index >= 15 is 0 Å². The van der Waals surface area contributed by atoms with Crippen molar-refractivity contribution in [2.24, 2.45) is 0 Å². The molecule has 8 heteroatoms. The Labute approximate surface area is 202 Å². The van der Waals surface area contributed by atoms with Gasteiger partial charge in [0.1, 0.15) is 18.9 Å². The van der Waals surface area contributed by atoms with Gasteiger partial charge in [0, 0.05) is 30.2 Å². The van der Waals surface area contributed by atoms with Crippen molar-refractivity contribution in [3.05, 3.63) is 90.3 Å². The topological polar surface area (TPSA) is 94.6 Å². The molecule has 3 heterocycles. The Morgan fingerprint density at radius 2 is 1.91 bits per heavy atom. The molecule has 35 heavy (non-hydrogen) atoms. The largest absolute Gasteiger partial charge is 0.486 e. The number of benzene rings is 2. The number of methoxy groups -OCH3 is 1. The number of rotatable bonds is 7. The molecule has 0 fully saturated rings. The van der Waals surface area contributed by atoms with Crippen molar-refractivity contribution < 1.29 is 19.0 Å². The lowest BCUT2D eigenvalue weighted by molar-refractivity contribution is 0.0950. The minimum Gasteiger partial charge on any atom is -0.486 e. The summed E-state index contributed by atoms with van der Waals surface area (Å²) >= 11 is 0. The molecule has 5 rings (SSSR count). The van der Waals surface area contributed by atoms with Crippen molar-refractivity contribution in [2.75, 3.05) is 25.6 Å². The third-order valence-electron chi connectivity index (χ3n) is 5.48. The fourth-order valence-corrected chi connectivity index (χ4v) is 3.81. The highest BCUT2D eigenvalue weighted by molar-refractivity contribution is 5.93. The number of hydrogen-bond donors (Lipinski definition) is 2. The maximum absolute atomic E-state index is 12.3. The van der Waals surface area contributed by atoms with Gasteiger partial charge in [-0.3, -0.25) is 9.78 Å². The van der Waals surface area contributed by atoms with Crippen LogP contribution in [0.25, 0.3) is 11.3 Å². The fraction of sp³-hybridized carbons (Fsp3) is 0.148. The summed E-state index contributed by atoms with van der Waals surface area (Å²) in [6, 6.07) is 20.8. The molecule has 4 aromatic rings. The number of para-hydroxylation sites is 1. The Bertz CT molecular complexity index is 1340. The number of ether oxygens (including phenoxy) is 3. The first-order chi connectivity index (χ1) is 17.2. The molecule has 8 nitrogen and oxygen atoms in total. The Kier molecular flexibility index (Phi) is 6.43. The SMILES string of the molecule is COc1nc(-c2cccc3c2OCCO3)ccc1Nc1cccc(CNC(=O)c2cccnc2)c1. The molecule has 1 amide bonds. The van der Waals surface area contributed by atoms with Crippen molar-refractivity contribution in [1.82, 2.24) is 15.3 Å². The lowest BCUT2D eigenvalue weighted by Crippen LogP contribution is -2.22. The van der Waals surface area contributed by atoms with Gasteiger partial charge in [-0.15, -0.1) is 0 Å². The third kappa shape index (κ3) is 5.01. The number of nitrogens with zero attached hydrogens (tertiary/aromatic N) is 2. The molecule has 2 N–H and O–H groups in total.